The Morgan fingerprint density at radius 2 is 1.94 bits per heavy atom. The van der Waals surface area contributed by atoms with E-state index in [1.54, 1.807) is 13.0 Å². The van der Waals surface area contributed by atoms with Gasteiger partial charge in [0, 0.05) is 6.54 Å². The molecule has 1 rings (SSSR count). The second-order valence-corrected chi connectivity index (χ2v) is 6.32. The zero-order valence-corrected chi connectivity index (χ0v) is 12.2. The average Bonchev–Trinajstić information content (AvgIpc) is 2.27. The lowest BCUT2D eigenvalue weighted by Crippen LogP contribution is -2.28. The van der Waals surface area contributed by atoms with E-state index in [1.807, 2.05) is 32.9 Å². The van der Waals surface area contributed by atoms with Gasteiger partial charge in [0.25, 0.3) is 0 Å². The Morgan fingerprint density at radius 1 is 1.28 bits per heavy atom. The van der Waals surface area contributed by atoms with E-state index in [-0.39, 0.29) is 12.6 Å². The number of nitrogens with one attached hydrogen (secondary N) is 1. The first-order chi connectivity index (χ1) is 8.33. The SMILES string of the molecule is Cc1ccc(C)c(S(=O)(=O)NCCOC(C)C)c1. The molecule has 0 spiro atoms. The second-order valence-electron chi connectivity index (χ2n) is 4.59. The number of aryl methyl sites for hydroxylation is 2. The van der Waals surface area contributed by atoms with Crippen molar-refractivity contribution < 1.29 is 13.2 Å². The van der Waals surface area contributed by atoms with Crippen LogP contribution in [0.5, 0.6) is 0 Å². The van der Waals surface area contributed by atoms with E-state index in [9.17, 15) is 8.42 Å². The maximum atomic E-state index is 12.1. The molecule has 1 aromatic rings. The summed E-state index contributed by atoms with van der Waals surface area (Å²) >= 11 is 0. The molecule has 0 bridgehead atoms. The van der Waals surface area contributed by atoms with E-state index in [2.05, 4.69) is 4.72 Å². The van der Waals surface area contributed by atoms with Gasteiger partial charge in [0.1, 0.15) is 0 Å². The smallest absolute Gasteiger partial charge is 0.240 e. The lowest BCUT2D eigenvalue weighted by atomic mass is 10.2. The quantitative estimate of drug-likeness (QED) is 0.805. The summed E-state index contributed by atoms with van der Waals surface area (Å²) in [4.78, 5) is 0.340. The molecular formula is C13H21NO3S. The highest BCUT2D eigenvalue weighted by Gasteiger charge is 2.16. The molecular weight excluding hydrogens is 250 g/mol. The molecule has 0 saturated carbocycles. The molecule has 0 aliphatic rings. The number of hydrogen-bond donors (Lipinski definition) is 1. The van der Waals surface area contributed by atoms with Crippen LogP contribution in [0.4, 0.5) is 0 Å². The Hall–Kier alpha value is -0.910. The summed E-state index contributed by atoms with van der Waals surface area (Å²) < 4.78 is 32.0. The second kappa shape index (κ2) is 6.31. The molecule has 0 radical (unpaired) electrons. The van der Waals surface area contributed by atoms with Crippen LogP contribution in [0.3, 0.4) is 0 Å². The van der Waals surface area contributed by atoms with Gasteiger partial charge in [-0.2, -0.15) is 0 Å². The van der Waals surface area contributed by atoms with Crippen molar-refractivity contribution in [1.29, 1.82) is 0 Å². The van der Waals surface area contributed by atoms with Crippen LogP contribution in [0.25, 0.3) is 0 Å². The molecule has 0 amide bonds. The van der Waals surface area contributed by atoms with Gasteiger partial charge in [0.15, 0.2) is 0 Å². The largest absolute Gasteiger partial charge is 0.377 e. The van der Waals surface area contributed by atoms with Gasteiger partial charge in [-0.1, -0.05) is 12.1 Å². The van der Waals surface area contributed by atoms with Gasteiger partial charge < -0.3 is 4.74 Å². The third kappa shape index (κ3) is 4.40. The van der Waals surface area contributed by atoms with Crippen molar-refractivity contribution in [2.24, 2.45) is 0 Å². The lowest BCUT2D eigenvalue weighted by Gasteiger charge is -2.11. The molecule has 0 aliphatic heterocycles. The number of benzene rings is 1. The zero-order chi connectivity index (χ0) is 13.8. The van der Waals surface area contributed by atoms with Crippen molar-refractivity contribution in [3.05, 3.63) is 29.3 Å². The minimum absolute atomic E-state index is 0.107. The summed E-state index contributed by atoms with van der Waals surface area (Å²) in [5, 5.41) is 0. The van der Waals surface area contributed by atoms with Gasteiger partial charge >= 0.3 is 0 Å². The van der Waals surface area contributed by atoms with Crippen LogP contribution in [0, 0.1) is 13.8 Å². The van der Waals surface area contributed by atoms with Crippen LogP contribution < -0.4 is 4.72 Å². The summed E-state index contributed by atoms with van der Waals surface area (Å²) in [6.07, 6.45) is 0.107. The summed E-state index contributed by atoms with van der Waals surface area (Å²) in [5.41, 5.74) is 1.68. The minimum atomic E-state index is -3.44. The number of sulfonamides is 1. The predicted octanol–water partition coefficient (Wildman–Crippen LogP) is 2.01. The molecule has 0 atom stereocenters. The van der Waals surface area contributed by atoms with Crippen molar-refractivity contribution in [3.63, 3.8) is 0 Å². The highest BCUT2D eigenvalue weighted by molar-refractivity contribution is 7.89. The predicted molar refractivity (Wildman–Crippen MR) is 72.2 cm³/mol. The fourth-order valence-corrected chi connectivity index (χ4v) is 2.89. The molecule has 0 aromatic heterocycles. The third-order valence-corrected chi connectivity index (χ3v) is 4.08. The van der Waals surface area contributed by atoms with Crippen LogP contribution in [-0.2, 0) is 14.8 Å². The average molecular weight is 271 g/mol. The van der Waals surface area contributed by atoms with Crippen molar-refractivity contribution >= 4 is 10.0 Å². The molecule has 0 unspecified atom stereocenters. The summed E-state index contributed by atoms with van der Waals surface area (Å²) in [6.45, 7) is 8.16. The van der Waals surface area contributed by atoms with Crippen molar-refractivity contribution in [3.8, 4) is 0 Å². The van der Waals surface area contributed by atoms with E-state index in [0.29, 0.717) is 11.5 Å². The standard InChI is InChI=1S/C13H21NO3S/c1-10(2)17-8-7-14-18(15,16)13-9-11(3)5-6-12(13)4/h5-6,9-10,14H,7-8H2,1-4H3. The zero-order valence-electron chi connectivity index (χ0n) is 11.4. The number of hydrogen-bond acceptors (Lipinski definition) is 3. The Morgan fingerprint density at radius 3 is 2.56 bits per heavy atom. The van der Waals surface area contributed by atoms with E-state index in [0.717, 1.165) is 11.1 Å². The topological polar surface area (TPSA) is 55.4 Å². The summed E-state index contributed by atoms with van der Waals surface area (Å²) in [5.74, 6) is 0. The maximum absolute atomic E-state index is 12.1. The van der Waals surface area contributed by atoms with E-state index < -0.39 is 10.0 Å². The van der Waals surface area contributed by atoms with Gasteiger partial charge in [0.2, 0.25) is 10.0 Å². The van der Waals surface area contributed by atoms with Crippen molar-refractivity contribution in [2.45, 2.75) is 38.7 Å². The van der Waals surface area contributed by atoms with Gasteiger partial charge in [0.05, 0.1) is 17.6 Å². The van der Waals surface area contributed by atoms with Crippen LogP contribution in [0.2, 0.25) is 0 Å². The first-order valence-corrected chi connectivity index (χ1v) is 7.50. The first-order valence-electron chi connectivity index (χ1n) is 6.01. The molecule has 102 valence electrons. The fourth-order valence-electron chi connectivity index (χ4n) is 1.55. The Labute approximate surface area is 109 Å². The highest BCUT2D eigenvalue weighted by atomic mass is 32.2. The minimum Gasteiger partial charge on any atom is -0.377 e. The van der Waals surface area contributed by atoms with Crippen LogP contribution >= 0.6 is 0 Å². The molecule has 0 aliphatic carbocycles. The van der Waals surface area contributed by atoms with Gasteiger partial charge in [-0.25, -0.2) is 13.1 Å². The lowest BCUT2D eigenvalue weighted by molar-refractivity contribution is 0.0834. The molecule has 1 N–H and O–H groups in total. The molecule has 1 aromatic carbocycles. The van der Waals surface area contributed by atoms with E-state index in [4.69, 9.17) is 4.74 Å². The van der Waals surface area contributed by atoms with Crippen molar-refractivity contribution in [2.75, 3.05) is 13.2 Å². The van der Waals surface area contributed by atoms with E-state index in [1.165, 1.54) is 0 Å². The number of rotatable bonds is 6. The highest BCUT2D eigenvalue weighted by Crippen LogP contribution is 2.16. The van der Waals surface area contributed by atoms with Gasteiger partial charge in [-0.15, -0.1) is 0 Å². The number of ether oxygens (including phenoxy) is 1. The van der Waals surface area contributed by atoms with E-state index >= 15 is 0 Å². The van der Waals surface area contributed by atoms with Gasteiger partial charge in [-0.3, -0.25) is 0 Å². The maximum Gasteiger partial charge on any atom is 0.240 e. The monoisotopic (exact) mass is 271 g/mol. The van der Waals surface area contributed by atoms with Crippen molar-refractivity contribution in [1.82, 2.24) is 4.72 Å². The van der Waals surface area contributed by atoms with Crippen LogP contribution in [0.15, 0.2) is 23.1 Å². The fraction of sp³-hybridized carbons (Fsp3) is 0.538. The summed E-state index contributed by atoms with van der Waals surface area (Å²) in [6, 6.07) is 5.39. The summed E-state index contributed by atoms with van der Waals surface area (Å²) in [7, 11) is -3.44. The Balaban J connectivity index is 2.71. The molecule has 4 nitrogen and oxygen atoms in total. The van der Waals surface area contributed by atoms with Gasteiger partial charge in [-0.05, 0) is 44.9 Å². The molecule has 5 heteroatoms. The molecule has 0 fully saturated rings. The molecule has 0 heterocycles. The van der Waals surface area contributed by atoms with Crippen LogP contribution in [0.1, 0.15) is 25.0 Å². The first kappa shape index (κ1) is 15.1. The Bertz CT molecular complexity index is 495. The van der Waals surface area contributed by atoms with Crippen LogP contribution in [-0.4, -0.2) is 27.7 Å². The molecule has 0 saturated heterocycles. The third-order valence-electron chi connectivity index (χ3n) is 2.48. The molecule has 18 heavy (non-hydrogen) atoms. The Kier molecular flexibility index (Phi) is 5.31. The normalized spacial score (nSPS) is 12.1.